The van der Waals surface area contributed by atoms with Crippen LogP contribution in [-0.2, 0) is 14.4 Å². The van der Waals surface area contributed by atoms with E-state index in [0.717, 1.165) is 5.56 Å². The average Bonchev–Trinajstić information content (AvgIpc) is 2.89. The van der Waals surface area contributed by atoms with Gasteiger partial charge >= 0.3 is 0 Å². The van der Waals surface area contributed by atoms with E-state index in [0.29, 0.717) is 12.3 Å². The fourth-order valence-corrected chi connectivity index (χ4v) is 2.92. The van der Waals surface area contributed by atoms with E-state index in [2.05, 4.69) is 5.32 Å². The van der Waals surface area contributed by atoms with Gasteiger partial charge in [0.05, 0.1) is 25.6 Å². The van der Waals surface area contributed by atoms with Gasteiger partial charge in [-0.05, 0) is 24.6 Å². The van der Waals surface area contributed by atoms with Gasteiger partial charge in [0.2, 0.25) is 17.7 Å². The number of ether oxygens (including phenoxy) is 1. The Bertz CT molecular complexity index is 600. The normalized spacial score (nSPS) is 20.4. The van der Waals surface area contributed by atoms with Crippen molar-refractivity contribution in [2.45, 2.75) is 19.4 Å². The molecule has 2 rings (SSSR count). The Kier molecular flexibility index (Phi) is 5.20. The maximum atomic E-state index is 12.3. The van der Waals surface area contributed by atoms with Crippen LogP contribution in [0.3, 0.4) is 0 Å². The van der Waals surface area contributed by atoms with Gasteiger partial charge in [0.1, 0.15) is 5.75 Å². The van der Waals surface area contributed by atoms with E-state index in [9.17, 15) is 14.4 Å². The van der Waals surface area contributed by atoms with Crippen molar-refractivity contribution in [1.82, 2.24) is 10.2 Å². The van der Waals surface area contributed by atoms with Gasteiger partial charge in [0.15, 0.2) is 0 Å². The van der Waals surface area contributed by atoms with E-state index < -0.39 is 11.8 Å². The molecule has 1 aromatic rings. The van der Waals surface area contributed by atoms with Gasteiger partial charge in [-0.1, -0.05) is 12.1 Å². The number of nitrogens with one attached hydrogen (secondary N) is 1. The van der Waals surface area contributed by atoms with Gasteiger partial charge in [-0.25, -0.2) is 0 Å². The molecule has 1 aromatic carbocycles. The van der Waals surface area contributed by atoms with Crippen LogP contribution in [0, 0.1) is 5.92 Å². The second-order valence-corrected chi connectivity index (χ2v) is 5.39. The summed E-state index contributed by atoms with van der Waals surface area (Å²) in [5, 5.41) is 2.49. The minimum atomic E-state index is -0.615. The summed E-state index contributed by atoms with van der Waals surface area (Å²) in [5.41, 5.74) is 5.91. The maximum Gasteiger partial charge on any atom is 0.236 e. The van der Waals surface area contributed by atoms with Crippen LogP contribution < -0.4 is 15.8 Å². The summed E-state index contributed by atoms with van der Waals surface area (Å²) in [7, 11) is 1.58. The van der Waals surface area contributed by atoms with E-state index in [1.807, 2.05) is 19.1 Å². The fraction of sp³-hybridized carbons (Fsp3) is 0.438. The van der Waals surface area contributed by atoms with Crippen molar-refractivity contribution in [3.8, 4) is 5.75 Å². The van der Waals surface area contributed by atoms with Gasteiger partial charge in [-0.2, -0.15) is 0 Å². The molecule has 1 saturated heterocycles. The van der Waals surface area contributed by atoms with Crippen molar-refractivity contribution in [1.29, 1.82) is 0 Å². The molecule has 3 N–H and O–H groups in total. The van der Waals surface area contributed by atoms with Gasteiger partial charge in [-0.3, -0.25) is 14.4 Å². The largest absolute Gasteiger partial charge is 0.497 e. The van der Waals surface area contributed by atoms with E-state index in [4.69, 9.17) is 10.5 Å². The zero-order valence-corrected chi connectivity index (χ0v) is 13.2. The molecule has 0 saturated carbocycles. The lowest BCUT2D eigenvalue weighted by Crippen LogP contribution is -2.39. The van der Waals surface area contributed by atoms with Crippen LogP contribution in [0.25, 0.3) is 0 Å². The molecule has 0 aliphatic carbocycles. The molecule has 1 fully saturated rings. The van der Waals surface area contributed by atoms with Gasteiger partial charge in [-0.15, -0.1) is 0 Å². The highest BCUT2D eigenvalue weighted by Crippen LogP contribution is 2.38. The Hall–Kier alpha value is -2.57. The monoisotopic (exact) mass is 319 g/mol. The molecule has 0 spiro atoms. The second-order valence-electron chi connectivity index (χ2n) is 5.39. The number of nitrogens with zero attached hydrogens (tertiary/aromatic N) is 1. The van der Waals surface area contributed by atoms with Crippen LogP contribution in [0.5, 0.6) is 5.75 Å². The van der Waals surface area contributed by atoms with E-state index in [1.165, 1.54) is 0 Å². The molecular formula is C16H21N3O4. The number of methoxy groups -OCH3 is 1. The summed E-state index contributed by atoms with van der Waals surface area (Å²) in [4.78, 5) is 37.1. The highest BCUT2D eigenvalue weighted by molar-refractivity contribution is 5.92. The summed E-state index contributed by atoms with van der Waals surface area (Å²) < 4.78 is 5.13. The highest BCUT2D eigenvalue weighted by Gasteiger charge is 2.43. The molecule has 1 aliphatic rings. The van der Waals surface area contributed by atoms with Crippen LogP contribution in [-0.4, -0.2) is 42.8 Å². The van der Waals surface area contributed by atoms with Crippen LogP contribution in [0.1, 0.15) is 24.9 Å². The fourth-order valence-electron chi connectivity index (χ4n) is 2.92. The molecule has 3 amide bonds. The lowest BCUT2D eigenvalue weighted by atomic mass is 9.92. The number of hydrogen-bond acceptors (Lipinski definition) is 4. The highest BCUT2D eigenvalue weighted by atomic mass is 16.5. The van der Waals surface area contributed by atoms with Crippen molar-refractivity contribution >= 4 is 17.7 Å². The van der Waals surface area contributed by atoms with E-state index in [1.54, 1.807) is 24.1 Å². The lowest BCUT2D eigenvalue weighted by molar-refractivity contribution is -0.129. The van der Waals surface area contributed by atoms with Crippen molar-refractivity contribution in [3.05, 3.63) is 29.8 Å². The predicted octanol–water partition coefficient (Wildman–Crippen LogP) is 0.206. The molecule has 0 aromatic heterocycles. The Morgan fingerprint density at radius 2 is 2.00 bits per heavy atom. The third kappa shape index (κ3) is 3.61. The summed E-state index contributed by atoms with van der Waals surface area (Å²) in [6.45, 7) is 2.15. The summed E-state index contributed by atoms with van der Waals surface area (Å²) in [6.07, 6.45) is 0.120. The van der Waals surface area contributed by atoms with Crippen LogP contribution in [0.15, 0.2) is 24.3 Å². The number of carbonyl (C=O) groups is 3. The predicted molar refractivity (Wildman–Crippen MR) is 83.4 cm³/mol. The summed E-state index contributed by atoms with van der Waals surface area (Å²) >= 11 is 0. The SMILES string of the molecule is CCN1C(=O)C[C@@H](C(=O)NCC(N)=O)[C@@H]1c1ccc(OC)cc1. The van der Waals surface area contributed by atoms with Crippen molar-refractivity contribution in [2.24, 2.45) is 11.7 Å². The van der Waals surface area contributed by atoms with Crippen LogP contribution in [0.2, 0.25) is 0 Å². The van der Waals surface area contributed by atoms with Crippen molar-refractivity contribution < 1.29 is 19.1 Å². The molecular weight excluding hydrogens is 298 g/mol. The quantitative estimate of drug-likeness (QED) is 0.782. The maximum absolute atomic E-state index is 12.3. The number of hydrogen-bond donors (Lipinski definition) is 2. The number of carbonyl (C=O) groups excluding carboxylic acids is 3. The third-order valence-electron chi connectivity index (χ3n) is 4.00. The summed E-state index contributed by atoms with van der Waals surface area (Å²) in [5.74, 6) is -0.872. The minimum absolute atomic E-state index is 0.0763. The molecule has 2 atom stereocenters. The minimum Gasteiger partial charge on any atom is -0.497 e. The van der Waals surface area contributed by atoms with Gasteiger partial charge < -0.3 is 20.7 Å². The first kappa shape index (κ1) is 16.8. The molecule has 0 unspecified atom stereocenters. The number of rotatable bonds is 6. The molecule has 7 heteroatoms. The molecule has 124 valence electrons. The van der Waals surface area contributed by atoms with Gasteiger partial charge in [0.25, 0.3) is 0 Å². The lowest BCUT2D eigenvalue weighted by Gasteiger charge is -2.27. The zero-order chi connectivity index (χ0) is 17.0. The van der Waals surface area contributed by atoms with Crippen LogP contribution >= 0.6 is 0 Å². The molecule has 0 bridgehead atoms. The number of amides is 3. The number of nitrogens with two attached hydrogens (primary N) is 1. The Morgan fingerprint density at radius 1 is 1.35 bits per heavy atom. The topological polar surface area (TPSA) is 102 Å². The van der Waals surface area contributed by atoms with Gasteiger partial charge in [0, 0.05) is 13.0 Å². The molecule has 1 aliphatic heterocycles. The zero-order valence-electron chi connectivity index (χ0n) is 13.2. The van der Waals surface area contributed by atoms with Crippen LogP contribution in [0.4, 0.5) is 0 Å². The average molecular weight is 319 g/mol. The summed E-state index contributed by atoms with van der Waals surface area (Å²) in [6, 6.07) is 6.93. The van der Waals surface area contributed by atoms with E-state index >= 15 is 0 Å². The molecule has 7 nitrogen and oxygen atoms in total. The number of likely N-dealkylation sites (tertiary alicyclic amines) is 1. The smallest absolute Gasteiger partial charge is 0.236 e. The molecule has 0 radical (unpaired) electrons. The Balaban J connectivity index is 2.26. The second kappa shape index (κ2) is 7.13. The standard InChI is InChI=1S/C16H21N3O4/c1-3-19-14(21)8-12(16(22)18-9-13(17)20)15(19)10-4-6-11(23-2)7-5-10/h4-7,12,15H,3,8-9H2,1-2H3,(H2,17,20)(H,18,22)/t12-,15+/m1/s1. The number of benzene rings is 1. The van der Waals surface area contributed by atoms with Crippen molar-refractivity contribution in [3.63, 3.8) is 0 Å². The first-order chi connectivity index (χ1) is 11.0. The molecule has 1 heterocycles. The Morgan fingerprint density at radius 3 is 2.52 bits per heavy atom. The molecule has 23 heavy (non-hydrogen) atoms. The number of primary amides is 1. The third-order valence-corrected chi connectivity index (χ3v) is 4.00. The first-order valence-electron chi connectivity index (χ1n) is 7.47. The Labute approximate surface area is 134 Å². The van der Waals surface area contributed by atoms with Crippen molar-refractivity contribution in [2.75, 3.05) is 20.2 Å². The van der Waals surface area contributed by atoms with E-state index in [-0.39, 0.29) is 30.8 Å². The first-order valence-corrected chi connectivity index (χ1v) is 7.47.